The van der Waals surface area contributed by atoms with Crippen LogP contribution in [0.15, 0.2) is 39.1 Å². The van der Waals surface area contributed by atoms with Crippen molar-refractivity contribution in [1.29, 1.82) is 0 Å². The van der Waals surface area contributed by atoms with Crippen LogP contribution in [0.4, 0.5) is 5.69 Å². The summed E-state index contributed by atoms with van der Waals surface area (Å²) in [6, 6.07) is 7.66. The van der Waals surface area contributed by atoms with E-state index in [4.69, 9.17) is 12.2 Å². The number of nitrogens with one attached hydrogen (secondary N) is 1. The molecule has 3 rings (SSSR count). The van der Waals surface area contributed by atoms with Gasteiger partial charge in [-0.2, -0.15) is 0 Å². The normalized spacial score (nSPS) is 18.3. The molecule has 32 heavy (non-hydrogen) atoms. The molecule has 0 saturated carbocycles. The second-order valence-electron chi connectivity index (χ2n) is 7.20. The van der Waals surface area contributed by atoms with Crippen LogP contribution in [0, 0.1) is 0 Å². The Kier molecular flexibility index (Phi) is 10.5. The molecule has 0 unspecified atom stereocenters. The number of thioether (sulfide) groups is 2. The summed E-state index contributed by atoms with van der Waals surface area (Å²) in [4.78, 5) is 19.3. The molecular weight excluding hydrogens is 487 g/mol. The van der Waals surface area contributed by atoms with Crippen LogP contribution in [0.1, 0.15) is 34.1 Å². The number of rotatable bonds is 8. The molecule has 0 aliphatic carbocycles. The van der Waals surface area contributed by atoms with Crippen molar-refractivity contribution in [2.24, 2.45) is 0 Å². The molecular formula is C21H31N3O4S4. The molecule has 1 amide bonds. The van der Waals surface area contributed by atoms with Crippen molar-refractivity contribution >= 4 is 61.8 Å². The predicted octanol–water partition coefficient (Wildman–Crippen LogP) is 2.51. The number of benzene rings is 1. The van der Waals surface area contributed by atoms with E-state index in [1.165, 1.54) is 43.2 Å². The summed E-state index contributed by atoms with van der Waals surface area (Å²) < 4.78 is 33.2. The molecule has 11 heteroatoms. The highest BCUT2D eigenvalue weighted by Gasteiger charge is 2.38. The van der Waals surface area contributed by atoms with Crippen LogP contribution in [-0.2, 0) is 14.9 Å². The van der Waals surface area contributed by atoms with Crippen molar-refractivity contribution in [2.45, 2.75) is 39.0 Å². The molecule has 0 radical (unpaired) electrons. The van der Waals surface area contributed by atoms with Crippen LogP contribution in [0.2, 0.25) is 0 Å². The van der Waals surface area contributed by atoms with Crippen molar-refractivity contribution < 1.29 is 22.7 Å². The van der Waals surface area contributed by atoms with E-state index in [0.29, 0.717) is 22.3 Å². The minimum absolute atomic E-state index is 0.130. The van der Waals surface area contributed by atoms with Crippen LogP contribution in [-0.4, -0.2) is 66.6 Å². The minimum Gasteiger partial charge on any atom is -0.748 e. The van der Waals surface area contributed by atoms with Crippen LogP contribution >= 0.6 is 35.7 Å². The summed E-state index contributed by atoms with van der Waals surface area (Å²) >= 11 is 8.01. The highest BCUT2D eigenvalue weighted by atomic mass is 32.2. The van der Waals surface area contributed by atoms with Gasteiger partial charge in [-0.15, -0.1) is 0 Å². The molecule has 1 aromatic rings. The van der Waals surface area contributed by atoms with Crippen LogP contribution in [0.5, 0.6) is 0 Å². The molecule has 0 bridgehead atoms. The minimum atomic E-state index is -4.26. The van der Waals surface area contributed by atoms with Gasteiger partial charge in [0.05, 0.1) is 35.4 Å². The Morgan fingerprint density at radius 1 is 1.03 bits per heavy atom. The zero-order chi connectivity index (χ0) is 23.9. The number of carbonyl (C=O) groups is 1. The third-order valence-corrected chi connectivity index (χ3v) is 8.78. The van der Waals surface area contributed by atoms with Gasteiger partial charge in [0, 0.05) is 23.7 Å². The number of hydrogen-bond acceptors (Lipinski definition) is 8. The summed E-state index contributed by atoms with van der Waals surface area (Å²) in [5.74, 6) is -0.561. The number of thiocarbonyl (C=S) groups is 1. The molecule has 2 aliphatic heterocycles. The van der Waals surface area contributed by atoms with E-state index >= 15 is 0 Å². The largest absolute Gasteiger partial charge is 0.748 e. The van der Waals surface area contributed by atoms with Gasteiger partial charge in [0.1, 0.15) is 14.3 Å². The fourth-order valence-electron chi connectivity index (χ4n) is 3.37. The molecule has 0 aromatic heterocycles. The number of amides is 1. The number of quaternary nitrogens is 1. The lowest BCUT2D eigenvalue weighted by atomic mass is 10.3. The van der Waals surface area contributed by atoms with Crippen LogP contribution in [0.3, 0.4) is 0 Å². The van der Waals surface area contributed by atoms with E-state index in [9.17, 15) is 17.8 Å². The quantitative estimate of drug-likeness (QED) is 0.320. The summed E-state index contributed by atoms with van der Waals surface area (Å²) in [5, 5.41) is 0.748. The predicted molar refractivity (Wildman–Crippen MR) is 136 cm³/mol. The second-order valence-corrected chi connectivity index (χ2v) is 11.4. The first-order valence-electron chi connectivity index (χ1n) is 10.8. The Labute approximate surface area is 205 Å². The highest BCUT2D eigenvalue weighted by Crippen LogP contribution is 2.50. The first-order valence-corrected chi connectivity index (χ1v) is 14.4. The topological polar surface area (TPSA) is 85.2 Å². The SMILES string of the molecule is CCN1C(=O)/C(=C2\Sc3ccccc3N2CCCS(=O)(=O)[O-])SC1=S.CC[NH+](CC)CC. The summed E-state index contributed by atoms with van der Waals surface area (Å²) in [5.41, 5.74) is 0.910. The third-order valence-electron chi connectivity index (χ3n) is 5.24. The molecule has 0 spiro atoms. The third kappa shape index (κ3) is 6.94. The maximum absolute atomic E-state index is 12.6. The first-order chi connectivity index (χ1) is 15.2. The Balaban J connectivity index is 0.000000451. The lowest BCUT2D eigenvalue weighted by molar-refractivity contribution is -0.894. The van der Waals surface area contributed by atoms with Gasteiger partial charge in [0.2, 0.25) is 0 Å². The van der Waals surface area contributed by atoms with Gasteiger partial charge in [0.15, 0.2) is 0 Å². The van der Waals surface area contributed by atoms with Gasteiger partial charge < -0.3 is 14.4 Å². The van der Waals surface area contributed by atoms with E-state index in [1.54, 1.807) is 9.80 Å². The van der Waals surface area contributed by atoms with E-state index < -0.39 is 15.9 Å². The van der Waals surface area contributed by atoms with Crippen LogP contribution < -0.4 is 9.80 Å². The van der Waals surface area contributed by atoms with Crippen molar-refractivity contribution in [2.75, 3.05) is 43.4 Å². The molecule has 7 nitrogen and oxygen atoms in total. The average Bonchev–Trinajstić information content (AvgIpc) is 3.25. The smallest absolute Gasteiger partial charge is 0.268 e. The average molecular weight is 518 g/mol. The maximum atomic E-state index is 12.6. The van der Waals surface area contributed by atoms with Gasteiger partial charge in [0.25, 0.3) is 5.91 Å². The van der Waals surface area contributed by atoms with Gasteiger partial charge >= 0.3 is 0 Å². The Morgan fingerprint density at radius 3 is 2.16 bits per heavy atom. The number of para-hydroxylation sites is 1. The molecule has 1 fully saturated rings. The van der Waals surface area contributed by atoms with E-state index in [0.717, 1.165) is 15.6 Å². The first kappa shape index (κ1) is 27.1. The number of carbonyl (C=O) groups excluding carboxylic acids is 1. The molecule has 2 heterocycles. The van der Waals surface area contributed by atoms with Crippen molar-refractivity contribution in [3.8, 4) is 0 Å². The number of likely N-dealkylation sites (N-methyl/N-ethyl adjacent to an activating group) is 1. The van der Waals surface area contributed by atoms with Crippen molar-refractivity contribution in [3.63, 3.8) is 0 Å². The van der Waals surface area contributed by atoms with Gasteiger partial charge in [-0.05, 0) is 46.2 Å². The standard InChI is InChI=1S/C15H16N2O4S4.C6H15N/c1-2-16-13(18)12(24-15(16)22)14-17(8-5-9-25(19,20)21)10-6-3-4-7-11(10)23-14;1-4-7(5-2)6-3/h3-4,6-7H,2,5,8-9H2,1H3,(H,19,20,21);4-6H2,1-3H3/b14-12+;. The highest BCUT2D eigenvalue weighted by molar-refractivity contribution is 8.27. The summed E-state index contributed by atoms with van der Waals surface area (Å²) in [6.45, 7) is 13.2. The molecule has 178 valence electrons. The number of hydrogen-bond donors (Lipinski definition) is 1. The Hall–Kier alpha value is -1.11. The van der Waals surface area contributed by atoms with Crippen molar-refractivity contribution in [3.05, 3.63) is 34.2 Å². The van der Waals surface area contributed by atoms with E-state index in [2.05, 4.69) is 20.8 Å². The summed E-state index contributed by atoms with van der Waals surface area (Å²) in [6.07, 6.45) is 0.193. The number of nitrogens with zero attached hydrogens (tertiary/aromatic N) is 2. The Bertz CT molecular complexity index is 956. The lowest BCUT2D eigenvalue weighted by Crippen LogP contribution is -3.11. The lowest BCUT2D eigenvalue weighted by Gasteiger charge is -2.21. The number of fused-ring (bicyclic) bond motifs is 1. The fourth-order valence-corrected chi connectivity index (χ4v) is 6.58. The fraction of sp³-hybridized carbons (Fsp3) is 0.524. The zero-order valence-corrected chi connectivity index (χ0v) is 22.2. The van der Waals surface area contributed by atoms with E-state index in [-0.39, 0.29) is 12.3 Å². The maximum Gasteiger partial charge on any atom is 0.268 e. The zero-order valence-electron chi connectivity index (χ0n) is 18.9. The van der Waals surface area contributed by atoms with Gasteiger partial charge in [-0.3, -0.25) is 9.69 Å². The number of anilines is 1. The molecule has 0 atom stereocenters. The summed E-state index contributed by atoms with van der Waals surface area (Å²) in [7, 11) is -4.26. The molecule has 2 aliphatic rings. The molecule has 1 saturated heterocycles. The van der Waals surface area contributed by atoms with Crippen LogP contribution in [0.25, 0.3) is 0 Å². The van der Waals surface area contributed by atoms with E-state index in [1.807, 2.05) is 36.1 Å². The van der Waals surface area contributed by atoms with Crippen molar-refractivity contribution in [1.82, 2.24) is 4.90 Å². The monoisotopic (exact) mass is 517 g/mol. The molecule has 1 aromatic carbocycles. The van der Waals surface area contributed by atoms with Gasteiger partial charge in [-0.25, -0.2) is 8.42 Å². The Morgan fingerprint density at radius 2 is 1.66 bits per heavy atom. The second kappa shape index (κ2) is 12.4. The van der Waals surface area contributed by atoms with Gasteiger partial charge in [-0.1, -0.05) is 47.9 Å². The molecule has 1 N–H and O–H groups in total.